The molecule has 0 fully saturated rings. The third-order valence-corrected chi connectivity index (χ3v) is 3.76. The van der Waals surface area contributed by atoms with Gasteiger partial charge in [-0.1, -0.05) is 38.2 Å². The van der Waals surface area contributed by atoms with Crippen LogP contribution in [0.1, 0.15) is 31.7 Å². The predicted molar refractivity (Wildman–Crippen MR) is 87.3 cm³/mol. The van der Waals surface area contributed by atoms with Gasteiger partial charge >= 0.3 is 0 Å². The van der Waals surface area contributed by atoms with Gasteiger partial charge in [0.1, 0.15) is 13.7 Å². The van der Waals surface area contributed by atoms with Gasteiger partial charge in [-0.3, -0.25) is 0 Å². The summed E-state index contributed by atoms with van der Waals surface area (Å²) in [7, 11) is 5.94. The second-order valence-electron chi connectivity index (χ2n) is 5.75. The Hall–Kier alpha value is -2.04. The van der Waals surface area contributed by atoms with Crippen LogP contribution in [-0.4, -0.2) is 29.0 Å². The van der Waals surface area contributed by atoms with Crippen LogP contribution in [-0.2, 0) is 0 Å². The number of rotatable bonds is 4. The zero-order valence-corrected chi connectivity index (χ0v) is 12.5. The van der Waals surface area contributed by atoms with Crippen LogP contribution in [0, 0.1) is 5.92 Å². The van der Waals surface area contributed by atoms with Crippen molar-refractivity contribution in [3.8, 4) is 0 Å². The van der Waals surface area contributed by atoms with Crippen LogP contribution in [0.15, 0.2) is 36.6 Å². The third-order valence-electron chi connectivity index (χ3n) is 3.76. The summed E-state index contributed by atoms with van der Waals surface area (Å²) < 4.78 is 1.84. The van der Waals surface area contributed by atoms with E-state index in [0.29, 0.717) is 17.4 Å². The van der Waals surface area contributed by atoms with Crippen molar-refractivity contribution in [2.24, 2.45) is 5.92 Å². The highest BCUT2D eigenvalue weighted by atomic mass is 15.3. The highest BCUT2D eigenvalue weighted by Gasteiger charge is 2.13. The molecule has 2 aromatic heterocycles. The van der Waals surface area contributed by atoms with Crippen LogP contribution < -0.4 is 10.9 Å². The SMILES string of the molecule is [B]c1cc(NCC2C=CC=CC2)n2ncc(C(C)C)c2n1. The van der Waals surface area contributed by atoms with Gasteiger partial charge in [-0.2, -0.15) is 9.61 Å². The van der Waals surface area contributed by atoms with Gasteiger partial charge in [-0.25, -0.2) is 4.98 Å². The molecule has 1 aliphatic carbocycles. The number of nitrogens with one attached hydrogen (secondary N) is 1. The number of aromatic nitrogens is 3. The zero-order valence-electron chi connectivity index (χ0n) is 12.5. The maximum Gasteiger partial charge on any atom is 0.160 e. The van der Waals surface area contributed by atoms with E-state index in [-0.39, 0.29) is 0 Å². The summed E-state index contributed by atoms with van der Waals surface area (Å²) in [6.45, 7) is 5.12. The average Bonchev–Trinajstić information content (AvgIpc) is 2.89. The highest BCUT2D eigenvalue weighted by molar-refractivity contribution is 6.31. The molecule has 0 aliphatic heterocycles. The van der Waals surface area contributed by atoms with E-state index in [9.17, 15) is 0 Å². The van der Waals surface area contributed by atoms with Crippen LogP contribution in [0.3, 0.4) is 0 Å². The molecule has 1 aliphatic rings. The van der Waals surface area contributed by atoms with Gasteiger partial charge in [0.05, 0.1) is 6.20 Å². The van der Waals surface area contributed by atoms with Gasteiger partial charge in [0.25, 0.3) is 0 Å². The van der Waals surface area contributed by atoms with Crippen molar-refractivity contribution in [3.63, 3.8) is 0 Å². The summed E-state index contributed by atoms with van der Waals surface area (Å²) in [4.78, 5) is 4.43. The fraction of sp³-hybridized carbons (Fsp3) is 0.375. The highest BCUT2D eigenvalue weighted by Crippen LogP contribution is 2.21. The molecule has 2 aromatic rings. The lowest BCUT2D eigenvalue weighted by Gasteiger charge is -2.16. The molecule has 0 saturated heterocycles. The van der Waals surface area contributed by atoms with Crippen molar-refractivity contribution in [1.82, 2.24) is 14.6 Å². The average molecular weight is 278 g/mol. The zero-order chi connectivity index (χ0) is 14.8. The molecule has 4 nitrogen and oxygen atoms in total. The lowest BCUT2D eigenvalue weighted by Crippen LogP contribution is -2.19. The summed E-state index contributed by atoms with van der Waals surface area (Å²) in [5.41, 5.74) is 2.48. The van der Waals surface area contributed by atoms with Crippen molar-refractivity contribution < 1.29 is 0 Å². The Labute approximate surface area is 126 Å². The van der Waals surface area contributed by atoms with Crippen molar-refractivity contribution in [2.75, 3.05) is 11.9 Å². The lowest BCUT2D eigenvalue weighted by molar-refractivity contribution is 0.688. The maximum atomic E-state index is 5.94. The van der Waals surface area contributed by atoms with E-state index in [1.54, 1.807) is 0 Å². The molecule has 106 valence electrons. The number of allylic oxidation sites excluding steroid dienone is 3. The van der Waals surface area contributed by atoms with E-state index in [0.717, 1.165) is 30.0 Å². The number of anilines is 1. The van der Waals surface area contributed by atoms with E-state index < -0.39 is 0 Å². The van der Waals surface area contributed by atoms with E-state index in [2.05, 4.69) is 53.6 Å². The standard InChI is InChI=1S/C16H19BN4/c1-11(2)13-10-19-21-15(8-14(17)20-16(13)21)18-9-12-6-4-3-5-7-12/h3-6,8,10-12,18H,7,9H2,1-2H3. The molecule has 1 N–H and O–H groups in total. The van der Waals surface area contributed by atoms with Crippen LogP contribution in [0.5, 0.6) is 0 Å². The Kier molecular flexibility index (Phi) is 3.82. The molecule has 3 rings (SSSR count). The topological polar surface area (TPSA) is 42.2 Å². The first-order chi connectivity index (χ1) is 10.1. The van der Waals surface area contributed by atoms with Gasteiger partial charge in [-0.05, 0) is 29.9 Å². The summed E-state index contributed by atoms with van der Waals surface area (Å²) >= 11 is 0. The minimum atomic E-state index is 0.371. The molecular formula is C16H19BN4. The fourth-order valence-corrected chi connectivity index (χ4v) is 2.55. The summed E-state index contributed by atoms with van der Waals surface area (Å²) in [6.07, 6.45) is 11.5. The van der Waals surface area contributed by atoms with Crippen LogP contribution in [0.4, 0.5) is 5.82 Å². The van der Waals surface area contributed by atoms with Crippen LogP contribution in [0.2, 0.25) is 0 Å². The monoisotopic (exact) mass is 278 g/mol. The Balaban J connectivity index is 1.87. The number of hydrogen-bond donors (Lipinski definition) is 1. The first-order valence-corrected chi connectivity index (χ1v) is 7.36. The van der Waals surface area contributed by atoms with E-state index in [4.69, 9.17) is 7.85 Å². The van der Waals surface area contributed by atoms with Gasteiger partial charge in [-0.15, -0.1) is 0 Å². The smallest absolute Gasteiger partial charge is 0.160 e. The quantitative estimate of drug-likeness (QED) is 0.872. The van der Waals surface area contributed by atoms with E-state index in [1.165, 1.54) is 0 Å². The van der Waals surface area contributed by atoms with E-state index in [1.807, 2.05) is 16.8 Å². The molecule has 0 aromatic carbocycles. The summed E-state index contributed by atoms with van der Waals surface area (Å²) in [5.74, 6) is 1.77. The van der Waals surface area contributed by atoms with E-state index >= 15 is 0 Å². The van der Waals surface area contributed by atoms with Gasteiger partial charge in [0, 0.05) is 12.1 Å². The van der Waals surface area contributed by atoms with Crippen molar-refractivity contribution >= 4 is 24.9 Å². The number of fused-ring (bicyclic) bond motifs is 1. The molecule has 0 bridgehead atoms. The Morgan fingerprint density at radius 3 is 3.00 bits per heavy atom. The van der Waals surface area contributed by atoms with Gasteiger partial charge < -0.3 is 5.32 Å². The minimum absolute atomic E-state index is 0.371. The second kappa shape index (κ2) is 5.76. The van der Waals surface area contributed by atoms with Gasteiger partial charge in [0.2, 0.25) is 0 Å². The Morgan fingerprint density at radius 1 is 1.43 bits per heavy atom. The molecule has 0 saturated carbocycles. The molecule has 2 radical (unpaired) electrons. The second-order valence-corrected chi connectivity index (χ2v) is 5.75. The molecule has 0 spiro atoms. The molecular weight excluding hydrogens is 259 g/mol. The fourth-order valence-electron chi connectivity index (χ4n) is 2.55. The molecule has 2 heterocycles. The molecule has 1 unspecified atom stereocenters. The number of nitrogens with zero attached hydrogens (tertiary/aromatic N) is 3. The minimum Gasteiger partial charge on any atom is -0.369 e. The summed E-state index contributed by atoms with van der Waals surface area (Å²) in [5, 5.41) is 7.89. The third kappa shape index (κ3) is 2.87. The van der Waals surface area contributed by atoms with Crippen LogP contribution >= 0.6 is 0 Å². The number of hydrogen-bond acceptors (Lipinski definition) is 3. The molecule has 5 heteroatoms. The Morgan fingerprint density at radius 2 is 2.29 bits per heavy atom. The first-order valence-electron chi connectivity index (χ1n) is 7.36. The van der Waals surface area contributed by atoms with Crippen molar-refractivity contribution in [3.05, 3.63) is 42.1 Å². The first kappa shape index (κ1) is 13.9. The van der Waals surface area contributed by atoms with Crippen molar-refractivity contribution in [2.45, 2.75) is 26.2 Å². The molecule has 1 atom stereocenters. The van der Waals surface area contributed by atoms with Crippen molar-refractivity contribution in [1.29, 1.82) is 0 Å². The Bertz CT molecular complexity index is 700. The largest absolute Gasteiger partial charge is 0.369 e. The predicted octanol–water partition coefficient (Wildman–Crippen LogP) is 2.19. The summed E-state index contributed by atoms with van der Waals surface area (Å²) in [6, 6.07) is 1.84. The lowest BCUT2D eigenvalue weighted by atomic mass is 10.0. The molecule has 0 amide bonds. The van der Waals surface area contributed by atoms with Crippen LogP contribution in [0.25, 0.3) is 5.65 Å². The van der Waals surface area contributed by atoms with Gasteiger partial charge in [0.15, 0.2) is 5.65 Å². The maximum absolute atomic E-state index is 5.94. The molecule has 21 heavy (non-hydrogen) atoms. The normalized spacial score (nSPS) is 17.8.